The van der Waals surface area contributed by atoms with Gasteiger partial charge in [0.05, 0.1) is 11.3 Å². The van der Waals surface area contributed by atoms with Crippen molar-refractivity contribution in [3.63, 3.8) is 0 Å². The lowest BCUT2D eigenvalue weighted by Crippen LogP contribution is -2.38. The van der Waals surface area contributed by atoms with Gasteiger partial charge in [0.1, 0.15) is 0 Å². The van der Waals surface area contributed by atoms with Gasteiger partial charge in [0.25, 0.3) is 0 Å². The number of para-hydroxylation sites is 1. The predicted molar refractivity (Wildman–Crippen MR) is 80.4 cm³/mol. The van der Waals surface area contributed by atoms with Crippen LogP contribution in [0.1, 0.15) is 44.2 Å². The number of anilines is 1. The molecular formula is C17H20N2O. The van der Waals surface area contributed by atoms with E-state index in [-0.39, 0.29) is 11.8 Å². The van der Waals surface area contributed by atoms with Crippen LogP contribution in [-0.4, -0.2) is 4.98 Å². The molecule has 1 aliphatic heterocycles. The third kappa shape index (κ3) is 2.08. The van der Waals surface area contributed by atoms with Crippen LogP contribution in [0.25, 0.3) is 0 Å². The van der Waals surface area contributed by atoms with Crippen molar-refractivity contribution < 1.29 is 4.74 Å². The molecule has 3 rings (SSSR count). The lowest BCUT2D eigenvalue weighted by Gasteiger charge is -2.42. The summed E-state index contributed by atoms with van der Waals surface area (Å²) < 4.78 is 6.41. The van der Waals surface area contributed by atoms with E-state index in [1.165, 1.54) is 5.56 Å². The summed E-state index contributed by atoms with van der Waals surface area (Å²) >= 11 is 0. The van der Waals surface area contributed by atoms with Gasteiger partial charge in [-0.1, -0.05) is 38.1 Å². The zero-order valence-electron chi connectivity index (χ0n) is 12.0. The number of nitrogens with one attached hydrogen (secondary N) is 1. The molecule has 0 bridgehead atoms. The quantitative estimate of drug-likeness (QED) is 0.904. The van der Waals surface area contributed by atoms with Gasteiger partial charge < -0.3 is 10.1 Å². The molecule has 20 heavy (non-hydrogen) atoms. The summed E-state index contributed by atoms with van der Waals surface area (Å²) in [5.74, 6) is 0. The third-order valence-electron chi connectivity index (χ3n) is 4.15. The second-order valence-corrected chi connectivity index (χ2v) is 5.14. The van der Waals surface area contributed by atoms with Crippen LogP contribution in [0.15, 0.2) is 48.7 Å². The molecule has 1 aromatic heterocycles. The number of fused-ring (bicyclic) bond motifs is 1. The minimum Gasteiger partial charge on any atom is -0.355 e. The first-order valence-electron chi connectivity index (χ1n) is 7.24. The molecule has 0 aliphatic carbocycles. The summed E-state index contributed by atoms with van der Waals surface area (Å²) in [4.78, 5) is 4.42. The first-order valence-corrected chi connectivity index (χ1v) is 7.24. The fourth-order valence-corrected chi connectivity index (χ4v) is 2.93. The molecule has 0 saturated heterocycles. The second kappa shape index (κ2) is 5.25. The van der Waals surface area contributed by atoms with E-state index in [1.54, 1.807) is 6.20 Å². The highest BCUT2D eigenvalue weighted by Crippen LogP contribution is 2.45. The van der Waals surface area contributed by atoms with Crippen LogP contribution >= 0.6 is 0 Å². The van der Waals surface area contributed by atoms with Gasteiger partial charge in [0, 0.05) is 17.4 Å². The van der Waals surface area contributed by atoms with Gasteiger partial charge in [0.15, 0.2) is 6.23 Å². The van der Waals surface area contributed by atoms with Crippen molar-refractivity contribution in [2.75, 3.05) is 5.32 Å². The molecule has 1 N–H and O–H groups in total. The highest BCUT2D eigenvalue weighted by molar-refractivity contribution is 5.56. The molecule has 0 fully saturated rings. The fourth-order valence-electron chi connectivity index (χ4n) is 2.93. The Bertz CT molecular complexity index is 579. The van der Waals surface area contributed by atoms with Crippen LogP contribution in [0.3, 0.4) is 0 Å². The van der Waals surface area contributed by atoms with Crippen molar-refractivity contribution in [3.05, 3.63) is 59.9 Å². The summed E-state index contributed by atoms with van der Waals surface area (Å²) in [6.45, 7) is 4.36. The van der Waals surface area contributed by atoms with Gasteiger partial charge in [-0.05, 0) is 31.0 Å². The Hall–Kier alpha value is -1.87. The summed E-state index contributed by atoms with van der Waals surface area (Å²) in [5, 5.41) is 3.45. The number of rotatable bonds is 3. The summed E-state index contributed by atoms with van der Waals surface area (Å²) in [5.41, 5.74) is 3.09. The van der Waals surface area contributed by atoms with Gasteiger partial charge in [-0.2, -0.15) is 0 Å². The normalized spacial score (nSPS) is 20.0. The first kappa shape index (κ1) is 13.1. The van der Waals surface area contributed by atoms with E-state index < -0.39 is 0 Å². The highest BCUT2D eigenvalue weighted by Gasteiger charge is 2.39. The average Bonchev–Trinajstić information content (AvgIpc) is 2.54. The van der Waals surface area contributed by atoms with E-state index in [0.717, 1.165) is 24.2 Å². The van der Waals surface area contributed by atoms with E-state index in [2.05, 4.69) is 48.4 Å². The van der Waals surface area contributed by atoms with E-state index in [0.29, 0.717) is 0 Å². The second-order valence-electron chi connectivity index (χ2n) is 5.14. The maximum Gasteiger partial charge on any atom is 0.172 e. The van der Waals surface area contributed by atoms with Crippen LogP contribution in [0, 0.1) is 0 Å². The number of benzene rings is 1. The maximum atomic E-state index is 6.41. The lowest BCUT2D eigenvalue weighted by molar-refractivity contribution is -0.105. The monoisotopic (exact) mass is 268 g/mol. The van der Waals surface area contributed by atoms with Crippen LogP contribution < -0.4 is 5.32 Å². The Morgan fingerprint density at radius 3 is 2.55 bits per heavy atom. The van der Waals surface area contributed by atoms with Crippen molar-refractivity contribution in [1.82, 2.24) is 4.98 Å². The highest BCUT2D eigenvalue weighted by atomic mass is 16.5. The van der Waals surface area contributed by atoms with E-state index in [4.69, 9.17) is 4.74 Å². The molecule has 0 radical (unpaired) electrons. The smallest absolute Gasteiger partial charge is 0.172 e. The van der Waals surface area contributed by atoms with Crippen LogP contribution in [-0.2, 0) is 10.3 Å². The van der Waals surface area contributed by atoms with Crippen LogP contribution in [0.2, 0.25) is 0 Å². The van der Waals surface area contributed by atoms with Crippen molar-refractivity contribution in [2.45, 2.75) is 38.5 Å². The fraction of sp³-hybridized carbons (Fsp3) is 0.353. The predicted octanol–water partition coefficient (Wildman–Crippen LogP) is 4.24. The minimum absolute atomic E-state index is 0.189. The molecule has 3 nitrogen and oxygen atoms in total. The Kier molecular flexibility index (Phi) is 3.45. The third-order valence-corrected chi connectivity index (χ3v) is 4.15. The summed E-state index contributed by atoms with van der Waals surface area (Å²) in [6.07, 6.45) is 3.52. The minimum atomic E-state index is -0.232. The number of hydrogen-bond donors (Lipinski definition) is 1. The van der Waals surface area contributed by atoms with E-state index >= 15 is 0 Å². The van der Waals surface area contributed by atoms with Crippen LogP contribution in [0.4, 0.5) is 5.69 Å². The maximum absolute atomic E-state index is 6.41. The van der Waals surface area contributed by atoms with Crippen molar-refractivity contribution in [3.8, 4) is 0 Å². The molecule has 2 aromatic rings. The zero-order valence-corrected chi connectivity index (χ0v) is 12.0. The molecule has 0 amide bonds. The molecule has 0 spiro atoms. The lowest BCUT2D eigenvalue weighted by atomic mass is 9.85. The molecule has 1 unspecified atom stereocenters. The molecule has 1 aromatic carbocycles. The number of ether oxygens (including phenoxy) is 1. The standard InChI is InChI=1S/C17H20N2O/c1-3-17(4-2)13-9-5-6-10-14(13)19-16(20-17)15-11-7-8-12-18-15/h5-12,16,19H,3-4H2,1-2H3. The number of pyridine rings is 1. The Labute approximate surface area is 120 Å². The van der Waals surface area contributed by atoms with Gasteiger partial charge in [0.2, 0.25) is 0 Å². The SMILES string of the molecule is CCC1(CC)OC(c2ccccn2)Nc2ccccc21. The van der Waals surface area contributed by atoms with Gasteiger partial charge in [-0.25, -0.2) is 0 Å². The number of aromatic nitrogens is 1. The summed E-state index contributed by atoms with van der Waals surface area (Å²) in [7, 11) is 0. The van der Waals surface area contributed by atoms with E-state index in [1.807, 2.05) is 18.2 Å². The Morgan fingerprint density at radius 2 is 1.85 bits per heavy atom. The molecule has 2 heterocycles. The molecule has 0 saturated carbocycles. The number of hydrogen-bond acceptors (Lipinski definition) is 3. The molecule has 1 aliphatic rings. The molecule has 1 atom stereocenters. The molecular weight excluding hydrogens is 248 g/mol. The topological polar surface area (TPSA) is 34.1 Å². The van der Waals surface area contributed by atoms with Crippen molar-refractivity contribution in [1.29, 1.82) is 0 Å². The van der Waals surface area contributed by atoms with Gasteiger partial charge in [-0.3, -0.25) is 4.98 Å². The first-order chi connectivity index (χ1) is 9.79. The summed E-state index contributed by atoms with van der Waals surface area (Å²) in [6, 6.07) is 14.3. The largest absolute Gasteiger partial charge is 0.355 e. The number of nitrogens with zero attached hydrogens (tertiary/aromatic N) is 1. The van der Waals surface area contributed by atoms with Gasteiger partial charge in [-0.15, -0.1) is 0 Å². The zero-order chi connectivity index (χ0) is 14.0. The average molecular weight is 268 g/mol. The van der Waals surface area contributed by atoms with Gasteiger partial charge >= 0.3 is 0 Å². The van der Waals surface area contributed by atoms with E-state index in [9.17, 15) is 0 Å². The molecule has 104 valence electrons. The Morgan fingerprint density at radius 1 is 1.10 bits per heavy atom. The Balaban J connectivity index is 2.05. The van der Waals surface area contributed by atoms with Crippen molar-refractivity contribution in [2.24, 2.45) is 0 Å². The van der Waals surface area contributed by atoms with Crippen molar-refractivity contribution >= 4 is 5.69 Å². The van der Waals surface area contributed by atoms with Crippen LogP contribution in [0.5, 0.6) is 0 Å². The molecule has 3 heteroatoms.